The van der Waals surface area contributed by atoms with E-state index in [-0.39, 0.29) is 5.76 Å². The lowest BCUT2D eigenvalue weighted by Crippen LogP contribution is -2.25. The second kappa shape index (κ2) is 8.59. The lowest BCUT2D eigenvalue weighted by Gasteiger charge is -2.08. The van der Waals surface area contributed by atoms with Crippen LogP contribution in [0.3, 0.4) is 0 Å². The third-order valence-electron chi connectivity index (χ3n) is 3.54. The molecule has 1 unspecified atom stereocenters. The maximum Gasteiger partial charge on any atom is 0.379 e. The first-order chi connectivity index (χ1) is 13.1. The standard InChI is InChI=1S/C20H16N2O5/c23-18(15-7-2-1-3-8-15)19(24)22-21-13-14-6-4-9-16(12-14)27-20(25)17-10-5-11-26-17/h1-13,18,23H,(H,22,24)/b21-13+. The van der Waals surface area contributed by atoms with Crippen LogP contribution in [0.5, 0.6) is 5.75 Å². The van der Waals surface area contributed by atoms with Crippen molar-refractivity contribution in [2.75, 3.05) is 0 Å². The fraction of sp³-hybridized carbons (Fsp3) is 0.0500. The summed E-state index contributed by atoms with van der Waals surface area (Å²) in [6.45, 7) is 0. The number of hydrogen-bond donors (Lipinski definition) is 2. The molecule has 1 amide bonds. The molecule has 1 aromatic heterocycles. The van der Waals surface area contributed by atoms with Crippen molar-refractivity contribution in [3.8, 4) is 5.75 Å². The van der Waals surface area contributed by atoms with Crippen molar-refractivity contribution in [1.82, 2.24) is 5.43 Å². The lowest BCUT2D eigenvalue weighted by atomic mass is 10.1. The van der Waals surface area contributed by atoms with Gasteiger partial charge < -0.3 is 14.3 Å². The minimum Gasteiger partial charge on any atom is -0.457 e. The number of carbonyl (C=O) groups excluding carboxylic acids is 2. The molecule has 7 heteroatoms. The molecule has 0 bridgehead atoms. The molecule has 3 aromatic rings. The number of rotatable bonds is 6. The van der Waals surface area contributed by atoms with Gasteiger partial charge in [-0.1, -0.05) is 42.5 Å². The average molecular weight is 364 g/mol. The van der Waals surface area contributed by atoms with E-state index < -0.39 is 18.0 Å². The molecule has 0 aliphatic heterocycles. The summed E-state index contributed by atoms with van der Waals surface area (Å²) in [5, 5.41) is 13.8. The fourth-order valence-electron chi connectivity index (χ4n) is 2.23. The summed E-state index contributed by atoms with van der Waals surface area (Å²) in [5.41, 5.74) is 3.33. The lowest BCUT2D eigenvalue weighted by molar-refractivity contribution is -0.129. The summed E-state index contributed by atoms with van der Waals surface area (Å²) in [5.74, 6) is -0.876. The first-order valence-electron chi connectivity index (χ1n) is 8.05. The fourth-order valence-corrected chi connectivity index (χ4v) is 2.23. The van der Waals surface area contributed by atoms with Crippen LogP contribution in [0.25, 0.3) is 0 Å². The molecule has 0 fully saturated rings. The van der Waals surface area contributed by atoms with E-state index in [2.05, 4.69) is 10.5 Å². The SMILES string of the molecule is O=C(Oc1cccc(/C=N/NC(=O)C(O)c2ccccc2)c1)c1ccco1. The highest BCUT2D eigenvalue weighted by molar-refractivity contribution is 5.89. The number of amides is 1. The number of benzene rings is 2. The molecule has 0 aliphatic rings. The highest BCUT2D eigenvalue weighted by atomic mass is 16.5. The molecule has 0 saturated heterocycles. The summed E-state index contributed by atoms with van der Waals surface area (Å²) in [6, 6.07) is 18.2. The smallest absolute Gasteiger partial charge is 0.379 e. The third kappa shape index (κ3) is 4.90. The molecule has 2 N–H and O–H groups in total. The number of carbonyl (C=O) groups is 2. The van der Waals surface area contributed by atoms with Gasteiger partial charge in [0.1, 0.15) is 5.75 Å². The van der Waals surface area contributed by atoms with Gasteiger partial charge in [0.05, 0.1) is 12.5 Å². The molecule has 1 heterocycles. The number of esters is 1. The Kier molecular flexibility index (Phi) is 5.76. The predicted octanol–water partition coefficient (Wildman–Crippen LogP) is 2.68. The van der Waals surface area contributed by atoms with Crippen LogP contribution in [0.15, 0.2) is 82.5 Å². The van der Waals surface area contributed by atoms with E-state index in [1.807, 2.05) is 0 Å². The van der Waals surface area contributed by atoms with Crippen LogP contribution < -0.4 is 10.2 Å². The normalized spacial score (nSPS) is 11.9. The maximum absolute atomic E-state index is 11.9. The minimum absolute atomic E-state index is 0.0937. The zero-order valence-corrected chi connectivity index (χ0v) is 14.1. The van der Waals surface area contributed by atoms with Gasteiger partial charge in [-0.25, -0.2) is 10.2 Å². The Morgan fingerprint density at radius 3 is 2.63 bits per heavy atom. The zero-order chi connectivity index (χ0) is 19.1. The van der Waals surface area contributed by atoms with Gasteiger partial charge in [-0.3, -0.25) is 4.79 Å². The monoisotopic (exact) mass is 364 g/mol. The first-order valence-corrected chi connectivity index (χ1v) is 8.05. The molecule has 3 rings (SSSR count). The van der Waals surface area contributed by atoms with Gasteiger partial charge in [0.25, 0.3) is 5.91 Å². The number of nitrogens with zero attached hydrogens (tertiary/aromatic N) is 1. The Labute approximate surface area is 154 Å². The molecular weight excluding hydrogens is 348 g/mol. The van der Waals surface area contributed by atoms with Gasteiger partial charge in [0.2, 0.25) is 5.76 Å². The Bertz CT molecular complexity index is 936. The molecule has 0 spiro atoms. The van der Waals surface area contributed by atoms with Gasteiger partial charge in [-0.2, -0.15) is 5.10 Å². The van der Waals surface area contributed by atoms with Crippen LogP contribution in [0, 0.1) is 0 Å². The number of hydrazone groups is 1. The minimum atomic E-state index is -1.32. The van der Waals surface area contributed by atoms with Crippen LogP contribution in [0.2, 0.25) is 0 Å². The van der Waals surface area contributed by atoms with Crippen molar-refractivity contribution < 1.29 is 23.8 Å². The molecule has 2 aromatic carbocycles. The zero-order valence-electron chi connectivity index (χ0n) is 14.1. The van der Waals surface area contributed by atoms with Crippen LogP contribution >= 0.6 is 0 Å². The number of nitrogens with one attached hydrogen (secondary N) is 1. The van der Waals surface area contributed by atoms with E-state index in [0.717, 1.165) is 0 Å². The molecule has 7 nitrogen and oxygen atoms in total. The predicted molar refractivity (Wildman–Crippen MR) is 97.2 cm³/mol. The Balaban J connectivity index is 1.59. The second-order valence-corrected chi connectivity index (χ2v) is 5.49. The van der Waals surface area contributed by atoms with E-state index in [0.29, 0.717) is 16.9 Å². The van der Waals surface area contributed by atoms with Crippen molar-refractivity contribution >= 4 is 18.1 Å². The van der Waals surface area contributed by atoms with E-state index in [4.69, 9.17) is 9.15 Å². The van der Waals surface area contributed by atoms with E-state index in [1.54, 1.807) is 60.7 Å². The highest BCUT2D eigenvalue weighted by Crippen LogP contribution is 2.15. The molecule has 1 atom stereocenters. The molecule has 0 saturated carbocycles. The summed E-state index contributed by atoms with van der Waals surface area (Å²) < 4.78 is 10.2. The quantitative estimate of drug-likeness (QED) is 0.303. The van der Waals surface area contributed by atoms with Crippen molar-refractivity contribution in [1.29, 1.82) is 0 Å². The van der Waals surface area contributed by atoms with E-state index >= 15 is 0 Å². The molecule has 0 aliphatic carbocycles. The Hall–Kier alpha value is -3.71. The van der Waals surface area contributed by atoms with Gasteiger partial charge in [-0.15, -0.1) is 0 Å². The van der Waals surface area contributed by atoms with Crippen LogP contribution in [0.4, 0.5) is 0 Å². The average Bonchev–Trinajstić information content (AvgIpc) is 3.23. The van der Waals surface area contributed by atoms with Crippen molar-refractivity contribution in [3.63, 3.8) is 0 Å². The third-order valence-corrected chi connectivity index (χ3v) is 3.54. The number of furan rings is 1. The van der Waals surface area contributed by atoms with Gasteiger partial charge in [-0.05, 0) is 35.4 Å². The maximum atomic E-state index is 11.9. The van der Waals surface area contributed by atoms with Gasteiger partial charge in [0.15, 0.2) is 6.10 Å². The highest BCUT2D eigenvalue weighted by Gasteiger charge is 2.16. The topological polar surface area (TPSA) is 101 Å². The second-order valence-electron chi connectivity index (χ2n) is 5.49. The number of ether oxygens (including phenoxy) is 1. The van der Waals surface area contributed by atoms with Crippen molar-refractivity contribution in [3.05, 3.63) is 89.9 Å². The first kappa shape index (κ1) is 18.1. The Morgan fingerprint density at radius 1 is 1.07 bits per heavy atom. The van der Waals surface area contributed by atoms with Crippen molar-refractivity contribution in [2.45, 2.75) is 6.10 Å². The summed E-state index contributed by atoms with van der Waals surface area (Å²) in [7, 11) is 0. The molecule has 0 radical (unpaired) electrons. The van der Waals surface area contributed by atoms with Crippen molar-refractivity contribution in [2.24, 2.45) is 5.10 Å². The summed E-state index contributed by atoms with van der Waals surface area (Å²) >= 11 is 0. The number of hydrogen-bond acceptors (Lipinski definition) is 6. The molecule has 136 valence electrons. The molecule has 27 heavy (non-hydrogen) atoms. The Morgan fingerprint density at radius 2 is 1.89 bits per heavy atom. The van der Waals surface area contributed by atoms with Crippen LogP contribution in [-0.2, 0) is 4.79 Å². The summed E-state index contributed by atoms with van der Waals surface area (Å²) in [4.78, 5) is 23.8. The largest absolute Gasteiger partial charge is 0.457 e. The van der Waals surface area contributed by atoms with Crippen LogP contribution in [0.1, 0.15) is 27.8 Å². The van der Waals surface area contributed by atoms with Crippen LogP contribution in [-0.4, -0.2) is 23.2 Å². The summed E-state index contributed by atoms with van der Waals surface area (Å²) in [6.07, 6.45) is 1.44. The number of aliphatic hydroxyl groups excluding tert-OH is 1. The van der Waals surface area contributed by atoms with Gasteiger partial charge >= 0.3 is 5.97 Å². The van der Waals surface area contributed by atoms with Gasteiger partial charge in [0, 0.05) is 0 Å². The van der Waals surface area contributed by atoms with E-state index in [1.165, 1.54) is 18.5 Å². The number of aliphatic hydroxyl groups is 1. The van der Waals surface area contributed by atoms with E-state index in [9.17, 15) is 14.7 Å². The molecular formula is C20H16N2O5.